The first-order valence-electron chi connectivity index (χ1n) is 7.03. The molecule has 1 aromatic rings. The number of hydrogen-bond acceptors (Lipinski definition) is 4. The van der Waals surface area contributed by atoms with Crippen LogP contribution in [-0.4, -0.2) is 58.5 Å². The van der Waals surface area contributed by atoms with Gasteiger partial charge in [0, 0.05) is 25.7 Å². The van der Waals surface area contributed by atoms with E-state index in [4.69, 9.17) is 5.73 Å². The smallest absolute Gasteiger partial charge is 0.327 e. The zero-order valence-electron chi connectivity index (χ0n) is 12.1. The summed E-state index contributed by atoms with van der Waals surface area (Å²) in [5.74, 6) is -1.30. The molecule has 1 aromatic carbocycles. The normalized spacial score (nSPS) is 23.0. The Morgan fingerprint density at radius 3 is 2.52 bits per heavy atom. The van der Waals surface area contributed by atoms with Crippen molar-refractivity contribution in [1.82, 2.24) is 9.80 Å². The number of amides is 1. The van der Waals surface area contributed by atoms with Gasteiger partial charge in [0.05, 0.1) is 6.54 Å². The van der Waals surface area contributed by atoms with E-state index in [1.165, 1.54) is 4.90 Å². The second-order valence-electron chi connectivity index (χ2n) is 5.39. The average molecular weight is 291 g/mol. The summed E-state index contributed by atoms with van der Waals surface area (Å²) in [5.41, 5.74) is 6.52. The number of rotatable bonds is 4. The van der Waals surface area contributed by atoms with E-state index in [1.54, 1.807) is 0 Å². The van der Waals surface area contributed by atoms with Crippen LogP contribution in [0.3, 0.4) is 0 Å². The number of carboxylic acid groups (broad SMARTS) is 1. The van der Waals surface area contributed by atoms with E-state index in [0.29, 0.717) is 19.6 Å². The molecule has 114 valence electrons. The van der Waals surface area contributed by atoms with Crippen molar-refractivity contribution in [3.05, 3.63) is 35.9 Å². The molecular formula is C15H21N3O3. The van der Waals surface area contributed by atoms with Gasteiger partial charge in [-0.2, -0.15) is 0 Å². The fourth-order valence-electron chi connectivity index (χ4n) is 2.87. The Bertz CT molecular complexity index is 506. The van der Waals surface area contributed by atoms with E-state index in [1.807, 2.05) is 37.3 Å². The van der Waals surface area contributed by atoms with Crippen LogP contribution in [0.15, 0.2) is 30.3 Å². The molecule has 1 aliphatic heterocycles. The molecule has 6 nitrogen and oxygen atoms in total. The highest BCUT2D eigenvalue weighted by Gasteiger charge is 2.38. The van der Waals surface area contributed by atoms with Crippen LogP contribution in [0.4, 0.5) is 0 Å². The molecule has 3 N–H and O–H groups in total. The van der Waals surface area contributed by atoms with E-state index in [0.717, 1.165) is 5.56 Å². The molecule has 0 aliphatic carbocycles. The third kappa shape index (κ3) is 3.59. The van der Waals surface area contributed by atoms with Gasteiger partial charge in [-0.15, -0.1) is 0 Å². The number of carbonyl (C=O) groups excluding carboxylic acids is 1. The minimum absolute atomic E-state index is 0.160. The number of nitrogens with zero attached hydrogens (tertiary/aromatic N) is 2. The lowest BCUT2D eigenvalue weighted by molar-refractivity contribution is -0.156. The van der Waals surface area contributed by atoms with Crippen molar-refractivity contribution in [2.45, 2.75) is 25.6 Å². The van der Waals surface area contributed by atoms with Crippen LogP contribution in [0, 0.1) is 0 Å². The van der Waals surface area contributed by atoms with E-state index < -0.39 is 12.0 Å². The van der Waals surface area contributed by atoms with Crippen molar-refractivity contribution in [3.63, 3.8) is 0 Å². The lowest BCUT2D eigenvalue weighted by atomic mass is 10.1. The van der Waals surface area contributed by atoms with Crippen LogP contribution in [0.5, 0.6) is 0 Å². The minimum atomic E-state index is -0.985. The highest BCUT2D eigenvalue weighted by Crippen LogP contribution is 2.18. The average Bonchev–Trinajstić information content (AvgIpc) is 2.47. The fourth-order valence-corrected chi connectivity index (χ4v) is 2.87. The van der Waals surface area contributed by atoms with Crippen LogP contribution in [0.2, 0.25) is 0 Å². The van der Waals surface area contributed by atoms with E-state index in [9.17, 15) is 14.7 Å². The topological polar surface area (TPSA) is 86.9 Å². The first kappa shape index (κ1) is 15.5. The van der Waals surface area contributed by atoms with E-state index in [-0.39, 0.29) is 18.5 Å². The van der Waals surface area contributed by atoms with Crippen molar-refractivity contribution in [2.75, 3.05) is 19.6 Å². The Morgan fingerprint density at radius 2 is 1.95 bits per heavy atom. The minimum Gasteiger partial charge on any atom is -0.480 e. The van der Waals surface area contributed by atoms with Gasteiger partial charge in [-0.1, -0.05) is 30.3 Å². The van der Waals surface area contributed by atoms with E-state index in [2.05, 4.69) is 4.90 Å². The molecular weight excluding hydrogens is 270 g/mol. The number of nitrogens with two attached hydrogens (primary N) is 1. The van der Waals surface area contributed by atoms with Crippen molar-refractivity contribution in [3.8, 4) is 0 Å². The molecule has 0 bridgehead atoms. The molecule has 6 heteroatoms. The molecule has 0 spiro atoms. The Balaban J connectivity index is 2.12. The van der Waals surface area contributed by atoms with Crippen LogP contribution in [0.1, 0.15) is 12.5 Å². The first-order valence-corrected chi connectivity index (χ1v) is 7.03. The fraction of sp³-hybridized carbons (Fsp3) is 0.467. The molecule has 2 unspecified atom stereocenters. The second kappa shape index (κ2) is 6.69. The van der Waals surface area contributed by atoms with Crippen LogP contribution in [-0.2, 0) is 16.1 Å². The summed E-state index contributed by atoms with van der Waals surface area (Å²) in [6.07, 6.45) is 0. The van der Waals surface area contributed by atoms with Crippen molar-refractivity contribution < 1.29 is 14.7 Å². The van der Waals surface area contributed by atoms with Crippen molar-refractivity contribution in [1.29, 1.82) is 0 Å². The molecule has 1 amide bonds. The lowest BCUT2D eigenvalue weighted by Gasteiger charge is -2.43. The number of hydrogen-bond donors (Lipinski definition) is 2. The van der Waals surface area contributed by atoms with Gasteiger partial charge in [-0.3, -0.25) is 9.69 Å². The summed E-state index contributed by atoms with van der Waals surface area (Å²) in [5, 5.41) is 9.39. The summed E-state index contributed by atoms with van der Waals surface area (Å²) in [7, 11) is 0. The molecule has 0 aromatic heterocycles. The number of carbonyl (C=O) groups is 2. The quantitative estimate of drug-likeness (QED) is 0.823. The molecule has 1 heterocycles. The van der Waals surface area contributed by atoms with Gasteiger partial charge in [0.2, 0.25) is 5.91 Å². The Hall–Kier alpha value is -1.92. The lowest BCUT2D eigenvalue weighted by Crippen LogP contribution is -2.62. The van der Waals surface area contributed by atoms with Gasteiger partial charge in [-0.05, 0) is 12.5 Å². The summed E-state index contributed by atoms with van der Waals surface area (Å²) >= 11 is 0. The zero-order valence-corrected chi connectivity index (χ0v) is 12.1. The predicted molar refractivity (Wildman–Crippen MR) is 78.5 cm³/mol. The Kier molecular flexibility index (Phi) is 4.93. The highest BCUT2D eigenvalue weighted by atomic mass is 16.4. The van der Waals surface area contributed by atoms with Gasteiger partial charge in [0.1, 0.15) is 6.04 Å². The van der Waals surface area contributed by atoms with Crippen LogP contribution >= 0.6 is 0 Å². The number of carboxylic acids is 1. The molecule has 1 saturated heterocycles. The van der Waals surface area contributed by atoms with Gasteiger partial charge in [0.15, 0.2) is 0 Å². The maximum Gasteiger partial charge on any atom is 0.327 e. The first-order chi connectivity index (χ1) is 10.0. The Labute approximate surface area is 124 Å². The standard InChI is InChI=1S/C15H21N3O3/c1-11-8-17(9-12-5-3-2-4-6-12)10-13(15(20)21)18(11)14(19)7-16/h2-6,11,13H,7-10,16H2,1H3,(H,20,21). The highest BCUT2D eigenvalue weighted by molar-refractivity contribution is 5.85. The second-order valence-corrected chi connectivity index (χ2v) is 5.39. The maximum atomic E-state index is 11.9. The van der Waals surface area contributed by atoms with Crippen LogP contribution in [0.25, 0.3) is 0 Å². The monoisotopic (exact) mass is 291 g/mol. The Morgan fingerprint density at radius 1 is 1.29 bits per heavy atom. The number of piperazine rings is 1. The van der Waals surface area contributed by atoms with Crippen molar-refractivity contribution in [2.24, 2.45) is 5.73 Å². The van der Waals surface area contributed by atoms with Gasteiger partial charge < -0.3 is 15.7 Å². The van der Waals surface area contributed by atoms with Gasteiger partial charge >= 0.3 is 5.97 Å². The third-order valence-electron chi connectivity index (χ3n) is 3.76. The molecule has 0 saturated carbocycles. The van der Waals surface area contributed by atoms with Gasteiger partial charge in [0.25, 0.3) is 0 Å². The predicted octanol–water partition coefficient (Wildman–Crippen LogP) is 0.131. The van der Waals surface area contributed by atoms with E-state index >= 15 is 0 Å². The SMILES string of the molecule is CC1CN(Cc2ccccc2)CC(C(=O)O)N1C(=O)CN. The summed E-state index contributed by atoms with van der Waals surface area (Å²) < 4.78 is 0. The number of benzene rings is 1. The zero-order chi connectivity index (χ0) is 15.4. The van der Waals surface area contributed by atoms with Gasteiger partial charge in [-0.25, -0.2) is 4.79 Å². The molecule has 2 atom stereocenters. The molecule has 1 fully saturated rings. The third-order valence-corrected chi connectivity index (χ3v) is 3.76. The molecule has 0 radical (unpaired) electrons. The molecule has 21 heavy (non-hydrogen) atoms. The largest absolute Gasteiger partial charge is 0.480 e. The van der Waals surface area contributed by atoms with Crippen LogP contribution < -0.4 is 5.73 Å². The van der Waals surface area contributed by atoms with Crippen molar-refractivity contribution >= 4 is 11.9 Å². The molecule has 2 rings (SSSR count). The summed E-state index contributed by atoms with van der Waals surface area (Å²) in [4.78, 5) is 26.8. The summed E-state index contributed by atoms with van der Waals surface area (Å²) in [6.45, 7) is 3.35. The molecule has 1 aliphatic rings. The summed E-state index contributed by atoms with van der Waals surface area (Å²) in [6, 6.07) is 8.89. The maximum absolute atomic E-state index is 11.9. The number of aliphatic carboxylic acids is 1.